The smallest absolute Gasteiger partial charge is 0.303 e. The van der Waals surface area contributed by atoms with Crippen molar-refractivity contribution in [2.75, 3.05) is 5.88 Å². The normalized spacial score (nSPS) is 46.0. The highest BCUT2D eigenvalue weighted by molar-refractivity contribution is 6.29. The summed E-state index contributed by atoms with van der Waals surface area (Å²) in [7, 11) is 0. The molecule has 0 aliphatic heterocycles. The first-order valence-electron chi connectivity index (χ1n) is 10.8. The molecule has 0 saturated heterocycles. The molecule has 0 heterocycles. The molecule has 4 aliphatic carbocycles. The largest absolute Gasteiger partial charge is 0.450 e. The van der Waals surface area contributed by atoms with Gasteiger partial charge in [-0.15, -0.1) is 11.6 Å². The zero-order chi connectivity index (χ0) is 23.0. The molecule has 5 nitrogen and oxygen atoms in total. The number of allylic oxidation sites excluding steroid dienone is 4. The highest BCUT2D eigenvalue weighted by Crippen LogP contribution is 2.70. The van der Waals surface area contributed by atoms with Crippen LogP contribution in [-0.2, 0) is 23.9 Å². The van der Waals surface area contributed by atoms with Gasteiger partial charge in [-0.1, -0.05) is 25.5 Å². The van der Waals surface area contributed by atoms with Crippen LogP contribution in [0.25, 0.3) is 0 Å². The monoisotopic (exact) mass is 450 g/mol. The maximum atomic E-state index is 17.0. The molecule has 3 fully saturated rings. The molecule has 0 aromatic carbocycles. The van der Waals surface area contributed by atoms with Crippen LogP contribution in [0.3, 0.4) is 0 Å². The fourth-order valence-corrected chi connectivity index (χ4v) is 7.65. The molecule has 31 heavy (non-hydrogen) atoms. The Morgan fingerprint density at radius 1 is 1.26 bits per heavy atom. The van der Waals surface area contributed by atoms with Gasteiger partial charge in [0.25, 0.3) is 0 Å². The van der Waals surface area contributed by atoms with Gasteiger partial charge in [-0.3, -0.25) is 19.2 Å². The van der Waals surface area contributed by atoms with Crippen molar-refractivity contribution in [2.24, 2.45) is 28.6 Å². The third kappa shape index (κ3) is 2.54. The Morgan fingerprint density at radius 2 is 1.94 bits per heavy atom. The van der Waals surface area contributed by atoms with Gasteiger partial charge in [0, 0.05) is 36.0 Å². The van der Waals surface area contributed by atoms with E-state index in [9.17, 15) is 19.2 Å². The number of hydrogen-bond acceptors (Lipinski definition) is 5. The van der Waals surface area contributed by atoms with Gasteiger partial charge in [-0.2, -0.15) is 0 Å². The van der Waals surface area contributed by atoms with Gasteiger partial charge in [0.2, 0.25) is 0 Å². The number of alkyl halides is 2. The molecule has 7 atom stereocenters. The number of ketones is 3. The van der Waals surface area contributed by atoms with Crippen molar-refractivity contribution < 1.29 is 28.3 Å². The summed E-state index contributed by atoms with van der Waals surface area (Å²) >= 11 is 5.94. The van der Waals surface area contributed by atoms with Crippen molar-refractivity contribution in [3.8, 4) is 0 Å². The number of hydrogen-bond donors (Lipinski definition) is 0. The average molecular weight is 451 g/mol. The second-order valence-electron chi connectivity index (χ2n) is 10.1. The number of carbonyl (C=O) groups excluding carboxylic acids is 4. The number of carbonyl (C=O) groups is 4. The Kier molecular flexibility index (Phi) is 4.94. The van der Waals surface area contributed by atoms with E-state index < -0.39 is 51.5 Å². The number of ether oxygens (including phenoxy) is 1. The van der Waals surface area contributed by atoms with E-state index in [-0.39, 0.29) is 24.0 Å². The van der Waals surface area contributed by atoms with Crippen LogP contribution in [-0.4, -0.2) is 40.5 Å². The summed E-state index contributed by atoms with van der Waals surface area (Å²) < 4.78 is 22.7. The second kappa shape index (κ2) is 6.84. The van der Waals surface area contributed by atoms with Crippen molar-refractivity contribution in [2.45, 2.75) is 64.6 Å². The number of halogens is 2. The lowest BCUT2D eigenvalue weighted by Gasteiger charge is -2.59. The Balaban J connectivity index is 1.87. The van der Waals surface area contributed by atoms with Crippen molar-refractivity contribution >= 4 is 34.9 Å². The topological polar surface area (TPSA) is 77.5 Å². The first-order valence-corrected chi connectivity index (χ1v) is 11.4. The number of fused-ring (bicyclic) bond motifs is 5. The fourth-order valence-electron chi connectivity index (χ4n) is 7.45. The summed E-state index contributed by atoms with van der Waals surface area (Å²) in [6.07, 6.45) is 5.45. The van der Waals surface area contributed by atoms with Crippen LogP contribution in [0.2, 0.25) is 0 Å². The van der Waals surface area contributed by atoms with Gasteiger partial charge in [0.15, 0.2) is 28.6 Å². The molecule has 0 N–H and O–H groups in total. The van der Waals surface area contributed by atoms with Gasteiger partial charge in [0.1, 0.15) is 0 Å². The van der Waals surface area contributed by atoms with E-state index in [1.165, 1.54) is 19.1 Å². The molecular formula is C24H28ClFO5. The molecule has 0 aromatic rings. The van der Waals surface area contributed by atoms with Gasteiger partial charge < -0.3 is 4.74 Å². The number of Topliss-reactive ketones (excluding diaryl/α,β-unsaturated/α-hetero) is 2. The van der Waals surface area contributed by atoms with E-state index in [0.717, 1.165) is 0 Å². The lowest BCUT2D eigenvalue weighted by Crippen LogP contribution is -2.68. The van der Waals surface area contributed by atoms with Crippen LogP contribution in [0.4, 0.5) is 4.39 Å². The molecule has 4 rings (SSSR count). The molecule has 0 unspecified atom stereocenters. The Morgan fingerprint density at radius 3 is 2.55 bits per heavy atom. The first kappa shape index (κ1) is 22.4. The van der Waals surface area contributed by atoms with Crippen molar-refractivity contribution in [1.29, 1.82) is 0 Å². The SMILES string of the molecule is CC(=O)O[C@]1(C(=O)CCl)[C@@H](C)C[C@H]2[C@@H]3CCC4=CC(=O)C=C[C@]4(C)[C@@]3(F)C(=O)C[C@@]21C. The van der Waals surface area contributed by atoms with Crippen molar-refractivity contribution in [3.05, 3.63) is 23.8 Å². The number of esters is 1. The van der Waals surface area contributed by atoms with Gasteiger partial charge in [-0.25, -0.2) is 4.39 Å². The quantitative estimate of drug-likeness (QED) is 0.481. The number of rotatable bonds is 3. The lowest BCUT2D eigenvalue weighted by molar-refractivity contribution is -0.200. The molecule has 0 amide bonds. The van der Waals surface area contributed by atoms with Crippen LogP contribution >= 0.6 is 11.6 Å². The summed E-state index contributed by atoms with van der Waals surface area (Å²) in [5.41, 5.74) is -5.35. The minimum Gasteiger partial charge on any atom is -0.450 e. The maximum absolute atomic E-state index is 17.0. The highest BCUT2D eigenvalue weighted by Gasteiger charge is 2.77. The van der Waals surface area contributed by atoms with Crippen LogP contribution in [0, 0.1) is 28.6 Å². The summed E-state index contributed by atoms with van der Waals surface area (Å²) in [5.74, 6) is -3.60. The van der Waals surface area contributed by atoms with E-state index >= 15 is 4.39 Å². The van der Waals surface area contributed by atoms with Crippen molar-refractivity contribution in [1.82, 2.24) is 0 Å². The standard InChI is InChI=1S/C24H28ClFO5/c1-13-9-18-17-6-5-15-10-16(28)7-8-21(15,3)23(17,26)19(29)11-22(18,4)24(13,20(30)12-25)31-14(2)27/h7-8,10,13,17-18H,5-6,9,11-12H2,1-4H3/t13-,17-,18-,21-,22-,23-,24-/m0/s1. The molecule has 168 valence electrons. The van der Waals surface area contributed by atoms with Gasteiger partial charge in [0.05, 0.1) is 5.88 Å². The predicted molar refractivity (Wildman–Crippen MR) is 112 cm³/mol. The predicted octanol–water partition coefficient (Wildman–Crippen LogP) is 3.92. The van der Waals surface area contributed by atoms with E-state index in [1.54, 1.807) is 19.9 Å². The summed E-state index contributed by atoms with van der Waals surface area (Å²) in [4.78, 5) is 50.7. The van der Waals surface area contributed by atoms with Crippen molar-refractivity contribution in [3.63, 3.8) is 0 Å². The second-order valence-corrected chi connectivity index (χ2v) is 10.4. The van der Waals surface area contributed by atoms with E-state index in [0.29, 0.717) is 24.8 Å². The molecular weight excluding hydrogens is 423 g/mol. The average Bonchev–Trinajstić information content (AvgIpc) is 2.90. The summed E-state index contributed by atoms with van der Waals surface area (Å²) in [5, 5.41) is 0. The highest BCUT2D eigenvalue weighted by atomic mass is 35.5. The molecule has 3 saturated carbocycles. The van der Waals surface area contributed by atoms with Crippen LogP contribution < -0.4 is 0 Å². The zero-order valence-corrected chi connectivity index (χ0v) is 19.1. The Labute approximate surface area is 186 Å². The van der Waals surface area contributed by atoms with Crippen LogP contribution in [0.1, 0.15) is 53.4 Å². The van der Waals surface area contributed by atoms with Crippen LogP contribution in [0.5, 0.6) is 0 Å². The third-order valence-electron chi connectivity index (χ3n) is 8.78. The fraction of sp³-hybridized carbons (Fsp3) is 0.667. The molecule has 0 spiro atoms. The molecule has 0 radical (unpaired) electrons. The van der Waals surface area contributed by atoms with Crippen LogP contribution in [0.15, 0.2) is 23.8 Å². The lowest BCUT2D eigenvalue weighted by atomic mass is 9.45. The molecule has 0 aromatic heterocycles. The summed E-state index contributed by atoms with van der Waals surface area (Å²) in [6, 6.07) is 0. The van der Waals surface area contributed by atoms with Gasteiger partial charge >= 0.3 is 5.97 Å². The Hall–Kier alpha value is -1.82. The van der Waals surface area contributed by atoms with E-state index in [2.05, 4.69) is 0 Å². The Bertz CT molecular complexity index is 956. The van der Waals surface area contributed by atoms with E-state index in [1.807, 2.05) is 6.92 Å². The third-order valence-corrected chi connectivity index (χ3v) is 9.03. The van der Waals surface area contributed by atoms with E-state index in [4.69, 9.17) is 16.3 Å². The van der Waals surface area contributed by atoms with Gasteiger partial charge in [-0.05, 0) is 44.3 Å². The zero-order valence-electron chi connectivity index (χ0n) is 18.3. The molecule has 0 bridgehead atoms. The molecule has 4 aliphatic rings. The molecule has 7 heteroatoms. The minimum absolute atomic E-state index is 0.196. The maximum Gasteiger partial charge on any atom is 0.303 e. The minimum atomic E-state index is -2.19. The first-order chi connectivity index (χ1) is 14.4. The summed E-state index contributed by atoms with van der Waals surface area (Å²) in [6.45, 7) is 6.52.